The molecule has 40 heavy (non-hydrogen) atoms. The van der Waals surface area contributed by atoms with E-state index in [9.17, 15) is 31.1 Å². The van der Waals surface area contributed by atoms with Crippen molar-refractivity contribution in [3.8, 4) is 11.3 Å². The molecule has 0 atom stereocenters. The molecule has 1 saturated heterocycles. The molecule has 2 aromatic heterocycles. The highest BCUT2D eigenvalue weighted by atomic mass is 19.4. The standard InChI is InChI=1S/C28H25F6N5O/c1-3-17-4-6-18(7-5-17)24-16(2)25(28(32,33)34)39-26(36-24)21(14-35-39)27(40)38-10-8-37(9-11-38)15-19-12-20(29)13-22(30)23(19)31/h4-7,12-14H,3,8-11,15H2,1-2H3. The van der Waals surface area contributed by atoms with Crippen LogP contribution < -0.4 is 0 Å². The fourth-order valence-corrected chi connectivity index (χ4v) is 4.98. The fraction of sp³-hybridized carbons (Fsp3) is 0.321. The Bertz CT molecular complexity index is 1570. The number of rotatable bonds is 5. The molecule has 210 valence electrons. The highest BCUT2D eigenvalue weighted by molar-refractivity contribution is 6.00. The number of benzene rings is 2. The number of fused-ring (bicyclic) bond motifs is 1. The monoisotopic (exact) mass is 561 g/mol. The van der Waals surface area contributed by atoms with Crippen molar-refractivity contribution in [1.29, 1.82) is 0 Å². The number of alkyl halides is 3. The lowest BCUT2D eigenvalue weighted by Gasteiger charge is -2.34. The van der Waals surface area contributed by atoms with Gasteiger partial charge in [0.05, 0.1) is 11.9 Å². The predicted octanol–water partition coefficient (Wildman–Crippen LogP) is 5.66. The van der Waals surface area contributed by atoms with Gasteiger partial charge in [0.25, 0.3) is 5.91 Å². The summed E-state index contributed by atoms with van der Waals surface area (Å²) in [6, 6.07) is 8.44. The zero-order valence-electron chi connectivity index (χ0n) is 21.7. The smallest absolute Gasteiger partial charge is 0.336 e. The first kappa shape index (κ1) is 27.6. The van der Waals surface area contributed by atoms with Crippen LogP contribution in [0.4, 0.5) is 26.3 Å². The number of hydrogen-bond donors (Lipinski definition) is 0. The van der Waals surface area contributed by atoms with Crippen molar-refractivity contribution in [2.24, 2.45) is 0 Å². The van der Waals surface area contributed by atoms with E-state index in [-0.39, 0.29) is 60.8 Å². The lowest BCUT2D eigenvalue weighted by molar-refractivity contribution is -0.143. The number of hydrogen-bond acceptors (Lipinski definition) is 4. The Morgan fingerprint density at radius 2 is 1.68 bits per heavy atom. The number of amides is 1. The minimum Gasteiger partial charge on any atom is -0.336 e. The van der Waals surface area contributed by atoms with Crippen molar-refractivity contribution < 1.29 is 31.1 Å². The molecule has 1 aliphatic heterocycles. The SMILES string of the molecule is CCc1ccc(-c2nc3c(C(=O)N4CCN(Cc5cc(F)cc(F)c5F)CC4)cnn3c(C(F)(F)F)c2C)cc1. The Kier molecular flexibility index (Phi) is 7.30. The third kappa shape index (κ3) is 5.15. The Balaban J connectivity index is 1.43. The van der Waals surface area contributed by atoms with Crippen molar-refractivity contribution in [2.45, 2.75) is 33.0 Å². The lowest BCUT2D eigenvalue weighted by atomic mass is 10.0. The lowest BCUT2D eigenvalue weighted by Crippen LogP contribution is -2.48. The molecule has 1 fully saturated rings. The highest BCUT2D eigenvalue weighted by Crippen LogP contribution is 2.36. The second-order valence-corrected chi connectivity index (χ2v) is 9.70. The molecule has 0 radical (unpaired) electrons. The van der Waals surface area contributed by atoms with Crippen LogP contribution in [0, 0.1) is 24.4 Å². The maximum Gasteiger partial charge on any atom is 0.433 e. The molecule has 2 aromatic carbocycles. The molecule has 0 saturated carbocycles. The van der Waals surface area contributed by atoms with Crippen LogP contribution in [0.1, 0.15) is 39.7 Å². The third-order valence-corrected chi connectivity index (χ3v) is 7.14. The van der Waals surface area contributed by atoms with Crippen LogP contribution in [0.5, 0.6) is 0 Å². The average Bonchev–Trinajstić information content (AvgIpc) is 3.33. The zero-order valence-corrected chi connectivity index (χ0v) is 21.7. The highest BCUT2D eigenvalue weighted by Gasteiger charge is 2.39. The van der Waals surface area contributed by atoms with Gasteiger partial charge >= 0.3 is 6.18 Å². The molecule has 0 bridgehead atoms. The molecule has 3 heterocycles. The first-order valence-corrected chi connectivity index (χ1v) is 12.7. The van der Waals surface area contributed by atoms with E-state index < -0.39 is 35.2 Å². The van der Waals surface area contributed by atoms with E-state index in [1.165, 1.54) is 11.8 Å². The largest absolute Gasteiger partial charge is 0.433 e. The predicted molar refractivity (Wildman–Crippen MR) is 135 cm³/mol. The first-order valence-electron chi connectivity index (χ1n) is 12.7. The van der Waals surface area contributed by atoms with Gasteiger partial charge in [-0.2, -0.15) is 18.3 Å². The maximum absolute atomic E-state index is 14.2. The van der Waals surface area contributed by atoms with Gasteiger partial charge in [-0.25, -0.2) is 22.7 Å². The van der Waals surface area contributed by atoms with Gasteiger partial charge in [0.2, 0.25) is 0 Å². The topological polar surface area (TPSA) is 53.7 Å². The van der Waals surface area contributed by atoms with Crippen molar-refractivity contribution in [2.75, 3.05) is 26.2 Å². The molecular weight excluding hydrogens is 536 g/mol. The van der Waals surface area contributed by atoms with E-state index in [1.54, 1.807) is 17.0 Å². The molecule has 4 aromatic rings. The van der Waals surface area contributed by atoms with Crippen LogP contribution in [0.2, 0.25) is 0 Å². The number of aromatic nitrogens is 3. The van der Waals surface area contributed by atoms with Crippen molar-refractivity contribution in [3.05, 3.63) is 88.0 Å². The summed E-state index contributed by atoms with van der Waals surface area (Å²) in [4.78, 5) is 21.1. The van der Waals surface area contributed by atoms with E-state index in [2.05, 4.69) is 10.1 Å². The van der Waals surface area contributed by atoms with Crippen molar-refractivity contribution >= 4 is 11.6 Å². The number of aryl methyl sites for hydroxylation is 1. The summed E-state index contributed by atoms with van der Waals surface area (Å²) in [5.41, 5.74) is 0.0482. The molecular formula is C28H25F6N5O. The minimum absolute atomic E-state index is 0.0603. The molecule has 1 aliphatic rings. The molecule has 0 unspecified atom stereocenters. The van der Waals surface area contributed by atoms with Crippen LogP contribution in [-0.4, -0.2) is 56.5 Å². The summed E-state index contributed by atoms with van der Waals surface area (Å²) < 4.78 is 84.5. The van der Waals surface area contributed by atoms with Crippen LogP contribution >= 0.6 is 0 Å². The summed E-state index contributed by atoms with van der Waals surface area (Å²) in [6.07, 6.45) is -2.91. The van der Waals surface area contributed by atoms with Gasteiger partial charge in [0.15, 0.2) is 23.0 Å². The van der Waals surface area contributed by atoms with Crippen molar-refractivity contribution in [1.82, 2.24) is 24.4 Å². The Hall–Kier alpha value is -3.93. The Morgan fingerprint density at radius 1 is 1.00 bits per heavy atom. The summed E-state index contributed by atoms with van der Waals surface area (Å²) in [5.74, 6) is -3.85. The number of carbonyl (C=O) groups excluding carboxylic acids is 1. The third-order valence-electron chi connectivity index (χ3n) is 7.14. The van der Waals surface area contributed by atoms with Crippen LogP contribution in [0.15, 0.2) is 42.6 Å². The molecule has 0 N–H and O–H groups in total. The molecule has 6 nitrogen and oxygen atoms in total. The average molecular weight is 562 g/mol. The Morgan fingerprint density at radius 3 is 2.30 bits per heavy atom. The number of piperazine rings is 1. The van der Waals surface area contributed by atoms with Crippen LogP contribution in [0.25, 0.3) is 16.9 Å². The molecule has 0 spiro atoms. The van der Waals surface area contributed by atoms with Crippen LogP contribution in [-0.2, 0) is 19.1 Å². The minimum atomic E-state index is -4.76. The van der Waals surface area contributed by atoms with Gasteiger partial charge in [0.1, 0.15) is 11.4 Å². The van der Waals surface area contributed by atoms with Crippen molar-refractivity contribution in [3.63, 3.8) is 0 Å². The van der Waals surface area contributed by atoms with Gasteiger partial charge in [0, 0.05) is 55.5 Å². The first-order chi connectivity index (χ1) is 19.0. The number of nitrogens with zero attached hydrogens (tertiary/aromatic N) is 5. The van der Waals surface area contributed by atoms with E-state index in [4.69, 9.17) is 0 Å². The fourth-order valence-electron chi connectivity index (χ4n) is 4.98. The summed E-state index contributed by atoms with van der Waals surface area (Å²) in [7, 11) is 0. The molecule has 12 heteroatoms. The number of carbonyl (C=O) groups is 1. The van der Waals surface area contributed by atoms with Crippen LogP contribution in [0.3, 0.4) is 0 Å². The molecule has 0 aliphatic carbocycles. The second kappa shape index (κ2) is 10.6. The summed E-state index contributed by atoms with van der Waals surface area (Å²) in [5, 5.41) is 3.88. The second-order valence-electron chi connectivity index (χ2n) is 9.70. The van der Waals surface area contributed by atoms with E-state index >= 15 is 0 Å². The van der Waals surface area contributed by atoms with Gasteiger partial charge in [-0.3, -0.25) is 9.69 Å². The normalized spacial score (nSPS) is 14.8. The van der Waals surface area contributed by atoms with E-state index in [1.807, 2.05) is 19.1 Å². The van der Waals surface area contributed by atoms with Gasteiger partial charge in [-0.1, -0.05) is 31.2 Å². The van der Waals surface area contributed by atoms with E-state index in [0.29, 0.717) is 16.1 Å². The molecule has 5 rings (SSSR count). The Labute approximate surface area is 225 Å². The zero-order chi connectivity index (χ0) is 28.8. The van der Waals surface area contributed by atoms with Gasteiger partial charge in [-0.15, -0.1) is 0 Å². The summed E-state index contributed by atoms with van der Waals surface area (Å²) >= 11 is 0. The van der Waals surface area contributed by atoms with E-state index in [0.717, 1.165) is 24.2 Å². The quantitative estimate of drug-likeness (QED) is 0.233. The maximum atomic E-state index is 14.2. The van der Waals surface area contributed by atoms with Gasteiger partial charge in [-0.05, 0) is 25.0 Å². The summed E-state index contributed by atoms with van der Waals surface area (Å²) in [6.45, 7) is 4.09. The number of halogens is 6. The molecule has 1 amide bonds. The van der Waals surface area contributed by atoms with Gasteiger partial charge < -0.3 is 4.90 Å².